The van der Waals surface area contributed by atoms with Gasteiger partial charge in [0, 0.05) is 23.9 Å². The van der Waals surface area contributed by atoms with E-state index in [4.69, 9.17) is 24.2 Å². The maximum atomic E-state index is 12.5. The van der Waals surface area contributed by atoms with Crippen molar-refractivity contribution in [2.75, 3.05) is 10.6 Å². The average Bonchev–Trinajstić information content (AvgIpc) is 3.21. The van der Waals surface area contributed by atoms with Crippen LogP contribution in [0.15, 0.2) is 170 Å². The Bertz CT molecular complexity index is 2070. The van der Waals surface area contributed by atoms with Gasteiger partial charge in [-0.15, -0.1) is 0 Å². The minimum atomic E-state index is -0.451. The molecule has 6 aromatic carbocycles. The Morgan fingerprint density at radius 3 is 1.26 bits per heavy atom. The molecule has 1 heterocycles. The van der Waals surface area contributed by atoms with E-state index in [9.17, 15) is 14.4 Å². The quantitative estimate of drug-likeness (QED) is 0.0935. The molecule has 0 saturated heterocycles. The first kappa shape index (κ1) is 34.8. The number of hydrogen-bond acceptors (Lipinski definition) is 10. The number of benzene rings is 6. The number of hydrogen-bond donors (Lipinski definition) is 2. The first-order chi connectivity index (χ1) is 26.4. The van der Waals surface area contributed by atoms with Crippen LogP contribution < -0.4 is 24.8 Å². The van der Waals surface area contributed by atoms with E-state index in [2.05, 4.69) is 10.6 Å². The highest BCUT2D eigenvalue weighted by Crippen LogP contribution is 2.25. The predicted octanol–water partition coefficient (Wildman–Crippen LogP) is 9.21. The van der Waals surface area contributed by atoms with E-state index in [1.54, 1.807) is 133 Å². The molecule has 2 N–H and O–H groups in total. The van der Waals surface area contributed by atoms with Crippen LogP contribution >= 0.6 is 0 Å². The summed E-state index contributed by atoms with van der Waals surface area (Å²) in [6.45, 7) is 0. The van der Waals surface area contributed by atoms with Gasteiger partial charge in [0.2, 0.25) is 5.95 Å². The summed E-state index contributed by atoms with van der Waals surface area (Å²) >= 11 is 0. The van der Waals surface area contributed by atoms with Gasteiger partial charge >= 0.3 is 17.9 Å². The number of nitrogens with zero attached hydrogens (tertiary/aromatic N) is 2. The minimum absolute atomic E-state index is 0.325. The second-order valence-electron chi connectivity index (χ2n) is 12.0. The number of carbonyl (C=O) groups excluding carboxylic acids is 3. The van der Waals surface area contributed by atoms with Crippen LogP contribution in [0.4, 0.5) is 23.1 Å². The summed E-state index contributed by atoms with van der Waals surface area (Å²) in [5.41, 5.74) is 4.39. The van der Waals surface area contributed by atoms with Crippen LogP contribution in [0.1, 0.15) is 42.3 Å². The molecule has 10 heteroatoms. The van der Waals surface area contributed by atoms with Crippen molar-refractivity contribution in [1.82, 2.24) is 9.97 Å². The van der Waals surface area contributed by atoms with Gasteiger partial charge in [0.25, 0.3) is 0 Å². The molecule has 0 aliphatic heterocycles. The minimum Gasteiger partial charge on any atom is -0.423 e. The van der Waals surface area contributed by atoms with E-state index in [0.717, 1.165) is 5.56 Å². The number of esters is 3. The van der Waals surface area contributed by atoms with Crippen LogP contribution in [0.2, 0.25) is 0 Å². The van der Waals surface area contributed by atoms with Crippen molar-refractivity contribution >= 4 is 41.0 Å². The van der Waals surface area contributed by atoms with E-state index < -0.39 is 17.9 Å². The lowest BCUT2D eigenvalue weighted by molar-refractivity contribution is 0.0725. The van der Waals surface area contributed by atoms with E-state index >= 15 is 0 Å². The summed E-state index contributed by atoms with van der Waals surface area (Å²) in [6.07, 6.45) is 0.446. The molecule has 0 radical (unpaired) electrons. The highest BCUT2D eigenvalue weighted by molar-refractivity contribution is 5.92. The zero-order valence-corrected chi connectivity index (χ0v) is 28.7. The topological polar surface area (TPSA) is 129 Å². The van der Waals surface area contributed by atoms with Crippen molar-refractivity contribution in [2.45, 2.75) is 6.42 Å². The third-order valence-corrected chi connectivity index (χ3v) is 7.99. The zero-order chi connectivity index (χ0) is 37.1. The van der Waals surface area contributed by atoms with Crippen molar-refractivity contribution in [2.24, 2.45) is 0 Å². The maximum Gasteiger partial charge on any atom is 0.343 e. The molecule has 10 nitrogen and oxygen atoms in total. The smallest absolute Gasteiger partial charge is 0.343 e. The Balaban J connectivity index is 1.07. The predicted molar refractivity (Wildman–Crippen MR) is 205 cm³/mol. The summed E-state index contributed by atoms with van der Waals surface area (Å²) in [5, 5.41) is 6.56. The van der Waals surface area contributed by atoms with E-state index in [1.807, 2.05) is 36.4 Å². The lowest BCUT2D eigenvalue weighted by atomic mass is 10.1. The molecule has 0 saturated carbocycles. The molecule has 0 fully saturated rings. The van der Waals surface area contributed by atoms with Gasteiger partial charge in [0.1, 0.15) is 23.1 Å². The fraction of sp³-hybridized carbons (Fsp3) is 0.0227. The molecule has 0 spiro atoms. The van der Waals surface area contributed by atoms with Gasteiger partial charge in [0.05, 0.1) is 22.4 Å². The second kappa shape index (κ2) is 16.6. The third-order valence-electron chi connectivity index (χ3n) is 7.99. The van der Waals surface area contributed by atoms with E-state index in [0.29, 0.717) is 69.2 Å². The SMILES string of the molecule is O=C(Oc1ccc(Cc2cc(Nc3ccc(OC(=O)c4ccccc4)cc3)nc(Nc3ccc(OC(=O)c4ccccc4)cc3)n2)cc1)c1ccccc1. The highest BCUT2D eigenvalue weighted by Gasteiger charge is 2.13. The lowest BCUT2D eigenvalue weighted by Gasteiger charge is -2.13. The molecule has 0 bridgehead atoms. The molecular weight excluding hydrogens is 681 g/mol. The van der Waals surface area contributed by atoms with Crippen molar-refractivity contribution in [3.8, 4) is 17.2 Å². The van der Waals surface area contributed by atoms with E-state index in [1.165, 1.54) is 0 Å². The molecule has 54 heavy (non-hydrogen) atoms. The molecule has 7 aromatic rings. The average molecular weight is 713 g/mol. The first-order valence-electron chi connectivity index (χ1n) is 17.0. The summed E-state index contributed by atoms with van der Waals surface area (Å²) in [7, 11) is 0. The monoisotopic (exact) mass is 712 g/mol. The fourth-order valence-electron chi connectivity index (χ4n) is 5.30. The molecule has 0 aliphatic rings. The normalized spacial score (nSPS) is 10.5. The molecule has 264 valence electrons. The van der Waals surface area contributed by atoms with E-state index in [-0.39, 0.29) is 0 Å². The Morgan fingerprint density at radius 2 is 0.833 bits per heavy atom. The van der Waals surface area contributed by atoms with Gasteiger partial charge in [-0.1, -0.05) is 66.7 Å². The first-order valence-corrected chi connectivity index (χ1v) is 17.0. The van der Waals surface area contributed by atoms with Crippen molar-refractivity contribution in [3.05, 3.63) is 198 Å². The summed E-state index contributed by atoms with van der Waals surface area (Å²) in [6, 6.07) is 49.3. The fourth-order valence-corrected chi connectivity index (χ4v) is 5.30. The zero-order valence-electron chi connectivity index (χ0n) is 28.7. The van der Waals surface area contributed by atoms with Crippen molar-refractivity contribution < 1.29 is 28.6 Å². The standard InChI is InChI=1S/C44H32N4O6/c49-41(31-10-4-1-5-11-31)52-37-22-16-30(17-23-37)28-36-29-40(45-34-18-24-38(25-19-34)53-42(50)32-12-6-2-7-13-32)48-44(47-36)46-35-20-26-39(27-21-35)54-43(51)33-14-8-3-9-15-33/h1-27,29H,28H2,(H2,45,46,47,48). The number of anilines is 4. The van der Waals surface area contributed by atoms with Crippen LogP contribution in [0.5, 0.6) is 17.2 Å². The van der Waals surface area contributed by atoms with Crippen molar-refractivity contribution in [1.29, 1.82) is 0 Å². The lowest BCUT2D eigenvalue weighted by Crippen LogP contribution is -2.08. The molecule has 0 unspecified atom stereocenters. The van der Waals surface area contributed by atoms with Crippen LogP contribution in [0.3, 0.4) is 0 Å². The summed E-state index contributed by atoms with van der Waals surface area (Å²) < 4.78 is 16.6. The molecule has 1 aromatic heterocycles. The van der Waals surface area contributed by atoms with Crippen LogP contribution in [0.25, 0.3) is 0 Å². The largest absolute Gasteiger partial charge is 0.423 e. The number of ether oxygens (including phenoxy) is 3. The molecule has 0 aliphatic carbocycles. The van der Waals surface area contributed by atoms with Crippen LogP contribution in [-0.2, 0) is 6.42 Å². The highest BCUT2D eigenvalue weighted by atomic mass is 16.5. The molecule has 7 rings (SSSR count). The Hall–Kier alpha value is -7.59. The number of rotatable bonds is 12. The summed E-state index contributed by atoms with van der Waals surface area (Å²) in [4.78, 5) is 47.0. The van der Waals surface area contributed by atoms with Gasteiger partial charge < -0.3 is 24.8 Å². The second-order valence-corrected chi connectivity index (χ2v) is 12.0. The number of nitrogens with one attached hydrogen (secondary N) is 2. The maximum absolute atomic E-state index is 12.5. The molecule has 0 amide bonds. The Labute approximate surface area is 311 Å². The van der Waals surface area contributed by atoms with Gasteiger partial charge in [-0.3, -0.25) is 0 Å². The molecule has 0 atom stereocenters. The van der Waals surface area contributed by atoms with Gasteiger partial charge in [-0.25, -0.2) is 19.4 Å². The summed E-state index contributed by atoms with van der Waals surface area (Å²) in [5.74, 6) is 0.721. The Kier molecular flexibility index (Phi) is 10.7. The van der Waals surface area contributed by atoms with Gasteiger partial charge in [-0.05, 0) is 103 Å². The number of aromatic nitrogens is 2. The third kappa shape index (κ3) is 9.39. The Morgan fingerprint density at radius 1 is 0.444 bits per heavy atom. The number of carbonyl (C=O) groups is 3. The van der Waals surface area contributed by atoms with Crippen molar-refractivity contribution in [3.63, 3.8) is 0 Å². The molecular formula is C44H32N4O6. The van der Waals surface area contributed by atoms with Crippen LogP contribution in [0, 0.1) is 0 Å². The van der Waals surface area contributed by atoms with Gasteiger partial charge in [0.15, 0.2) is 0 Å². The van der Waals surface area contributed by atoms with Crippen LogP contribution in [-0.4, -0.2) is 27.9 Å². The van der Waals surface area contributed by atoms with Gasteiger partial charge in [-0.2, -0.15) is 4.98 Å².